The second kappa shape index (κ2) is 8.38. The molecule has 144 valence electrons. The van der Waals surface area contributed by atoms with E-state index in [1.807, 2.05) is 5.38 Å². The van der Waals surface area contributed by atoms with Crippen LogP contribution in [0.4, 0.5) is 13.2 Å². The number of hydrogen-bond acceptors (Lipinski definition) is 3. The molecular weight excluding hydrogens is 718 g/mol. The summed E-state index contributed by atoms with van der Waals surface area (Å²) in [5.41, 5.74) is -0.238. The number of carbonyl (C=O) groups excluding carboxylic acids is 2. The van der Waals surface area contributed by atoms with Crippen LogP contribution in [0, 0.1) is 3.57 Å². The first kappa shape index (κ1) is 21.7. The summed E-state index contributed by atoms with van der Waals surface area (Å²) >= 11 is 3.05. The van der Waals surface area contributed by atoms with E-state index in [9.17, 15) is 22.8 Å². The van der Waals surface area contributed by atoms with Gasteiger partial charge in [-0.1, -0.05) is 0 Å². The van der Waals surface area contributed by atoms with E-state index in [2.05, 4.69) is 17.1 Å². The van der Waals surface area contributed by atoms with Gasteiger partial charge in [0.2, 0.25) is 0 Å². The average molecular weight is 730 g/mol. The van der Waals surface area contributed by atoms with Gasteiger partial charge in [0.05, 0.1) is 0 Å². The fourth-order valence-corrected chi connectivity index (χ4v) is 10.5. The molecule has 0 spiro atoms. The first-order chi connectivity index (χ1) is 12.6. The zero-order chi connectivity index (χ0) is 19.9. The molecule has 0 saturated heterocycles. The molecule has 0 bridgehead atoms. The average Bonchev–Trinajstić information content (AvgIpc) is 3.02. The van der Waals surface area contributed by atoms with Crippen molar-refractivity contribution in [2.75, 3.05) is 9.36 Å². The topological polar surface area (TPSA) is 34.1 Å². The molecule has 27 heavy (non-hydrogen) atoms. The molecule has 9 heteroatoms. The van der Waals surface area contributed by atoms with E-state index in [-0.39, 0.29) is 5.56 Å². The van der Waals surface area contributed by atoms with Gasteiger partial charge >= 0.3 is 195 Å². The molecule has 0 saturated carbocycles. The molecule has 2 nitrogen and oxygen atoms in total. The van der Waals surface area contributed by atoms with Crippen LogP contribution in [0.1, 0.15) is 36.7 Å². The Morgan fingerprint density at radius 1 is 1.22 bits per heavy atom. The Morgan fingerprint density at radius 2 is 1.93 bits per heavy atom. The van der Waals surface area contributed by atoms with Crippen molar-refractivity contribution < 1.29 is 22.8 Å². The van der Waals surface area contributed by atoms with E-state index in [4.69, 9.17) is 0 Å². The van der Waals surface area contributed by atoms with E-state index in [1.165, 1.54) is 59.7 Å². The van der Waals surface area contributed by atoms with E-state index >= 15 is 0 Å². The van der Waals surface area contributed by atoms with Gasteiger partial charge in [-0.25, -0.2) is 0 Å². The predicted molar refractivity (Wildman–Crippen MR) is 128 cm³/mol. The monoisotopic (exact) mass is 730 g/mol. The van der Waals surface area contributed by atoms with Gasteiger partial charge in [0.15, 0.2) is 0 Å². The second-order valence-electron chi connectivity index (χ2n) is 5.95. The van der Waals surface area contributed by atoms with Gasteiger partial charge in [-0.3, -0.25) is 0 Å². The van der Waals surface area contributed by atoms with E-state index in [0.717, 1.165) is 16.1 Å². The van der Waals surface area contributed by atoms with Crippen LogP contribution in [-0.2, 0) is 12.6 Å². The van der Waals surface area contributed by atoms with Gasteiger partial charge in [-0.2, -0.15) is 0 Å². The van der Waals surface area contributed by atoms with Crippen molar-refractivity contribution >= 4 is 90.0 Å². The minimum absolute atomic E-state index is 0.167. The van der Waals surface area contributed by atoms with Crippen LogP contribution in [0.3, 0.4) is 0 Å². The Kier molecular flexibility index (Phi) is 6.73. The van der Waals surface area contributed by atoms with Crippen LogP contribution in [-0.4, -0.2) is 16.9 Å². The number of alkyl halides is 5. The van der Waals surface area contributed by atoms with Gasteiger partial charge in [0.25, 0.3) is 0 Å². The third-order valence-corrected chi connectivity index (χ3v) is 11.4. The third-order valence-electron chi connectivity index (χ3n) is 4.04. The normalized spacial score (nSPS) is 15.3. The minimum atomic E-state index is -4.70. The van der Waals surface area contributed by atoms with Crippen molar-refractivity contribution in [2.24, 2.45) is 0 Å². The van der Waals surface area contributed by atoms with Gasteiger partial charge < -0.3 is 0 Å². The summed E-state index contributed by atoms with van der Waals surface area (Å²) in [5, 5.41) is 2.05. The Balaban J connectivity index is 2.08. The Morgan fingerprint density at radius 3 is 2.52 bits per heavy atom. The maximum absolute atomic E-state index is 13.6. The van der Waals surface area contributed by atoms with E-state index in [1.54, 1.807) is 11.3 Å². The zero-order valence-electron chi connectivity index (χ0n) is 13.8. The Labute approximate surface area is 192 Å². The first-order valence-electron chi connectivity index (χ1n) is 7.54. The molecule has 2 heterocycles. The molecule has 0 atom stereocenters. The molecule has 1 aliphatic heterocycles. The fourth-order valence-electron chi connectivity index (χ4n) is 2.98. The van der Waals surface area contributed by atoms with Crippen molar-refractivity contribution in [3.8, 4) is 0 Å². The summed E-state index contributed by atoms with van der Waals surface area (Å²) in [4.78, 5) is 27.2. The number of fused-ring (bicyclic) bond motifs is 1. The molecule has 1 aliphatic rings. The van der Waals surface area contributed by atoms with Crippen LogP contribution in [0.15, 0.2) is 29.2 Å². The van der Waals surface area contributed by atoms with Crippen LogP contribution in [0.25, 0.3) is 6.08 Å². The summed E-state index contributed by atoms with van der Waals surface area (Å²) < 4.78 is 41.6. The maximum atomic E-state index is 13.6. The standard InChI is InChI=1S/C18H12F3I3O2S/c1-24-8-10(7-14-13(24)2-3-27-14)4-9-5-11(16(22)25)15(17(23)26)12(6-9)18(19,20)21/h2-3,5-7H,4,8H2,1H3. The first-order valence-corrected chi connectivity index (χ1v) is 15.3. The van der Waals surface area contributed by atoms with E-state index < -0.39 is 44.7 Å². The quantitative estimate of drug-likeness (QED) is 0.196. The van der Waals surface area contributed by atoms with Crippen LogP contribution >= 0.6 is 76.3 Å². The molecule has 0 fully saturated rings. The van der Waals surface area contributed by atoms with Gasteiger partial charge in [0.1, 0.15) is 0 Å². The van der Waals surface area contributed by atoms with Gasteiger partial charge in [-0.15, -0.1) is 0 Å². The Bertz CT molecular complexity index is 963. The Hall–Kier alpha value is -0.0200. The molecule has 2 aromatic rings. The van der Waals surface area contributed by atoms with Crippen molar-refractivity contribution in [3.05, 3.63) is 59.9 Å². The van der Waals surface area contributed by atoms with Crippen LogP contribution in [0.5, 0.6) is 0 Å². The summed E-state index contributed by atoms with van der Waals surface area (Å²) in [6.45, 7) is 0. The van der Waals surface area contributed by atoms with Crippen LogP contribution in [0.2, 0.25) is 0 Å². The summed E-state index contributed by atoms with van der Waals surface area (Å²) in [6.07, 6.45) is -2.28. The molecule has 0 unspecified atom stereocenters. The molecule has 0 amide bonds. The number of halogens is 6. The summed E-state index contributed by atoms with van der Waals surface area (Å²) in [5.74, 6) is 0. The number of rotatable bonds is 4. The zero-order valence-corrected chi connectivity index (χ0v) is 21.1. The molecular formula is C18H12F3I3O2S. The van der Waals surface area contributed by atoms with Crippen molar-refractivity contribution in [1.82, 2.24) is 0 Å². The van der Waals surface area contributed by atoms with E-state index in [0.29, 0.717) is 12.0 Å². The number of thiophene rings is 1. The molecule has 3 rings (SSSR count). The number of hydrogen-bond donors (Lipinski definition) is 0. The molecule has 1 aromatic heterocycles. The van der Waals surface area contributed by atoms with Crippen molar-refractivity contribution in [2.45, 2.75) is 12.6 Å². The predicted octanol–water partition coefficient (Wildman–Crippen LogP) is 6.86. The second-order valence-corrected chi connectivity index (χ2v) is 14.1. The SMILES string of the molecule is CI1CC(Cc2cc(C(=O)I)c(C(=O)I)c(C(F)(F)F)c2)=Cc2sccc21. The number of carbonyl (C=O) groups is 2. The van der Waals surface area contributed by atoms with Crippen molar-refractivity contribution in [3.63, 3.8) is 0 Å². The summed E-state index contributed by atoms with van der Waals surface area (Å²) in [7, 11) is 0. The van der Waals surface area contributed by atoms with Crippen molar-refractivity contribution in [1.29, 1.82) is 0 Å². The number of benzene rings is 1. The summed E-state index contributed by atoms with van der Waals surface area (Å²) in [6, 6.07) is 4.61. The van der Waals surface area contributed by atoms with Gasteiger partial charge in [-0.05, 0) is 0 Å². The molecule has 0 aliphatic carbocycles. The third kappa shape index (κ3) is 4.77. The number of allylic oxidation sites excluding steroid dienone is 1. The van der Waals surface area contributed by atoms with Crippen LogP contribution < -0.4 is 0 Å². The molecule has 1 aromatic carbocycles. The fraction of sp³-hybridized carbons (Fsp3) is 0.222. The molecule has 0 N–H and O–H groups in total. The van der Waals surface area contributed by atoms with Gasteiger partial charge in [0, 0.05) is 0 Å². The molecule has 0 radical (unpaired) electrons.